The van der Waals surface area contributed by atoms with Gasteiger partial charge in [-0.2, -0.15) is 0 Å². The summed E-state index contributed by atoms with van der Waals surface area (Å²) in [4.78, 5) is 23.9. The van der Waals surface area contributed by atoms with Crippen molar-refractivity contribution in [2.24, 2.45) is 0 Å². The molecule has 132 valence electrons. The van der Waals surface area contributed by atoms with Crippen molar-refractivity contribution in [2.75, 3.05) is 7.11 Å². The molecule has 0 aliphatic rings. The van der Waals surface area contributed by atoms with Crippen molar-refractivity contribution in [3.63, 3.8) is 0 Å². The third kappa shape index (κ3) is 4.71. The number of benzene rings is 2. The summed E-state index contributed by atoms with van der Waals surface area (Å²) in [7, 11) is 1.51. The van der Waals surface area contributed by atoms with Crippen LogP contribution >= 0.6 is 11.6 Å². The molecule has 0 bridgehead atoms. The fraction of sp³-hybridized carbons (Fsp3) is 0.222. The summed E-state index contributed by atoms with van der Waals surface area (Å²) in [5.74, 6) is -1.30. The van der Waals surface area contributed by atoms with Crippen LogP contribution < -0.4 is 10.1 Å². The molecule has 25 heavy (non-hydrogen) atoms. The van der Waals surface area contributed by atoms with Gasteiger partial charge in [0.15, 0.2) is 0 Å². The molecule has 2 rings (SSSR count). The minimum Gasteiger partial charge on any atom is -0.497 e. The Morgan fingerprint density at radius 1 is 1.16 bits per heavy atom. The van der Waals surface area contributed by atoms with Crippen molar-refractivity contribution in [3.05, 3.63) is 64.7 Å². The first-order valence-electron chi connectivity index (χ1n) is 7.43. The van der Waals surface area contributed by atoms with Gasteiger partial charge in [0, 0.05) is 10.6 Å². The fourth-order valence-corrected chi connectivity index (χ4v) is 2.21. The molecule has 0 saturated heterocycles. The molecule has 1 atom stereocenters. The van der Waals surface area contributed by atoms with E-state index in [2.05, 4.69) is 5.32 Å². The number of aliphatic carboxylic acids is 1. The first-order chi connectivity index (χ1) is 11.9. The normalized spacial score (nSPS) is 12.9. The van der Waals surface area contributed by atoms with E-state index in [1.165, 1.54) is 26.2 Å². The maximum Gasteiger partial charge on any atom is 0.357 e. The van der Waals surface area contributed by atoms with Gasteiger partial charge < -0.3 is 19.9 Å². The largest absolute Gasteiger partial charge is 0.497 e. The molecule has 1 unspecified atom stereocenters. The van der Waals surface area contributed by atoms with E-state index in [9.17, 15) is 14.7 Å². The van der Waals surface area contributed by atoms with E-state index >= 15 is 0 Å². The van der Waals surface area contributed by atoms with E-state index in [1.54, 1.807) is 36.4 Å². The minimum absolute atomic E-state index is 0.0641. The van der Waals surface area contributed by atoms with Crippen LogP contribution in [0.15, 0.2) is 48.5 Å². The lowest BCUT2D eigenvalue weighted by Crippen LogP contribution is -2.54. The number of carbonyl (C=O) groups is 2. The topological polar surface area (TPSA) is 84.9 Å². The summed E-state index contributed by atoms with van der Waals surface area (Å²) < 4.78 is 10.5. The molecule has 2 aromatic rings. The van der Waals surface area contributed by atoms with Gasteiger partial charge in [0.1, 0.15) is 5.75 Å². The number of hydrogen-bond donors (Lipinski definition) is 2. The molecule has 2 N–H and O–H groups in total. The van der Waals surface area contributed by atoms with Gasteiger partial charge in [0.05, 0.1) is 13.7 Å². The van der Waals surface area contributed by atoms with Gasteiger partial charge in [-0.15, -0.1) is 0 Å². The summed E-state index contributed by atoms with van der Waals surface area (Å²) in [5.41, 5.74) is -0.999. The first kappa shape index (κ1) is 18.8. The predicted octanol–water partition coefficient (Wildman–Crippen LogP) is 3.10. The number of methoxy groups -OCH3 is 1. The van der Waals surface area contributed by atoms with Gasteiger partial charge >= 0.3 is 5.97 Å². The Morgan fingerprint density at radius 2 is 1.80 bits per heavy atom. The monoisotopic (exact) mass is 363 g/mol. The first-order valence-corrected chi connectivity index (χ1v) is 7.81. The summed E-state index contributed by atoms with van der Waals surface area (Å²) >= 11 is 6.04. The molecule has 0 heterocycles. The zero-order chi connectivity index (χ0) is 18.4. The smallest absolute Gasteiger partial charge is 0.357 e. The molecule has 6 nitrogen and oxygen atoms in total. The highest BCUT2D eigenvalue weighted by molar-refractivity contribution is 6.31. The molecular formula is C18H18ClNO5. The van der Waals surface area contributed by atoms with Crippen molar-refractivity contribution < 1.29 is 24.2 Å². The third-order valence-corrected chi connectivity index (χ3v) is 3.96. The Labute approximate surface area is 150 Å². The lowest BCUT2D eigenvalue weighted by atomic mass is 10.1. The van der Waals surface area contributed by atoms with Gasteiger partial charge in [-0.05, 0) is 42.8 Å². The predicted molar refractivity (Wildman–Crippen MR) is 92.7 cm³/mol. The fourth-order valence-electron chi connectivity index (χ4n) is 2.02. The van der Waals surface area contributed by atoms with Crippen LogP contribution in [0.4, 0.5) is 0 Å². The van der Waals surface area contributed by atoms with E-state index in [1.807, 2.05) is 0 Å². The number of nitrogens with one attached hydrogen (secondary N) is 1. The van der Waals surface area contributed by atoms with Gasteiger partial charge in [0.2, 0.25) is 5.72 Å². The summed E-state index contributed by atoms with van der Waals surface area (Å²) in [6.07, 6.45) is 0. The highest BCUT2D eigenvalue weighted by Crippen LogP contribution is 2.19. The number of hydrogen-bond acceptors (Lipinski definition) is 4. The van der Waals surface area contributed by atoms with E-state index in [0.717, 1.165) is 0 Å². The summed E-state index contributed by atoms with van der Waals surface area (Å²) in [6.45, 7) is 1.21. The Morgan fingerprint density at radius 3 is 2.36 bits per heavy atom. The molecule has 0 fully saturated rings. The molecule has 1 amide bonds. The van der Waals surface area contributed by atoms with Crippen LogP contribution in [0.1, 0.15) is 22.8 Å². The minimum atomic E-state index is -1.91. The number of carboxylic acids is 1. The van der Waals surface area contributed by atoms with Crippen LogP contribution in [0.3, 0.4) is 0 Å². The Kier molecular flexibility index (Phi) is 6.01. The van der Waals surface area contributed by atoms with Crippen LogP contribution in [0, 0.1) is 0 Å². The molecule has 7 heteroatoms. The molecule has 0 spiro atoms. The van der Waals surface area contributed by atoms with Crippen LogP contribution in [0.5, 0.6) is 5.75 Å². The quantitative estimate of drug-likeness (QED) is 0.738. The molecule has 0 saturated carbocycles. The number of amides is 1. The van der Waals surface area contributed by atoms with Crippen molar-refractivity contribution in [1.82, 2.24) is 5.32 Å². The number of carboxylic acid groups (broad SMARTS) is 1. The van der Waals surface area contributed by atoms with Gasteiger partial charge in [0.25, 0.3) is 5.91 Å². The van der Waals surface area contributed by atoms with Gasteiger partial charge in [-0.3, -0.25) is 4.79 Å². The molecule has 0 aliphatic heterocycles. The van der Waals surface area contributed by atoms with Crippen LogP contribution in [0.2, 0.25) is 5.02 Å². The third-order valence-electron chi connectivity index (χ3n) is 3.59. The number of rotatable bonds is 7. The van der Waals surface area contributed by atoms with E-state index < -0.39 is 17.6 Å². The molecule has 0 aromatic heterocycles. The lowest BCUT2D eigenvalue weighted by molar-refractivity contribution is -0.168. The van der Waals surface area contributed by atoms with E-state index in [4.69, 9.17) is 21.1 Å². The van der Waals surface area contributed by atoms with Crippen LogP contribution in [-0.2, 0) is 16.1 Å². The van der Waals surface area contributed by atoms with Crippen molar-refractivity contribution in [3.8, 4) is 5.75 Å². The number of ether oxygens (including phenoxy) is 2. The van der Waals surface area contributed by atoms with Crippen molar-refractivity contribution in [2.45, 2.75) is 19.3 Å². The molecule has 0 radical (unpaired) electrons. The second kappa shape index (κ2) is 8.00. The standard InChI is InChI=1S/C18H18ClNO5/c1-18(17(22)23,25-11-13-5-3-4-6-15(13)19)20-16(21)12-7-9-14(24-2)10-8-12/h3-10H,11H2,1-2H3,(H,20,21)(H,22,23). The maximum absolute atomic E-state index is 12.3. The number of carbonyl (C=O) groups excluding carboxylic acids is 1. The zero-order valence-electron chi connectivity index (χ0n) is 13.8. The van der Waals surface area contributed by atoms with Crippen molar-refractivity contribution in [1.29, 1.82) is 0 Å². The second-order valence-corrected chi connectivity index (χ2v) is 5.81. The summed E-state index contributed by atoms with van der Waals surface area (Å²) in [6, 6.07) is 13.2. The van der Waals surface area contributed by atoms with Crippen molar-refractivity contribution >= 4 is 23.5 Å². The Bertz CT molecular complexity index is 762. The number of halogens is 1. The van der Waals surface area contributed by atoms with Crippen LogP contribution in [-0.4, -0.2) is 29.8 Å². The molecule has 0 aliphatic carbocycles. The van der Waals surface area contributed by atoms with Gasteiger partial charge in [-0.25, -0.2) is 4.79 Å². The zero-order valence-corrected chi connectivity index (χ0v) is 14.5. The van der Waals surface area contributed by atoms with Gasteiger partial charge in [-0.1, -0.05) is 29.8 Å². The second-order valence-electron chi connectivity index (χ2n) is 5.40. The average Bonchev–Trinajstić information content (AvgIpc) is 2.61. The van der Waals surface area contributed by atoms with E-state index in [-0.39, 0.29) is 12.2 Å². The molecular weight excluding hydrogens is 346 g/mol. The van der Waals surface area contributed by atoms with Crippen LogP contribution in [0.25, 0.3) is 0 Å². The molecule has 2 aromatic carbocycles. The summed E-state index contributed by atoms with van der Waals surface area (Å²) in [5, 5.41) is 12.3. The highest BCUT2D eigenvalue weighted by Gasteiger charge is 2.36. The lowest BCUT2D eigenvalue weighted by Gasteiger charge is -2.26. The maximum atomic E-state index is 12.3. The SMILES string of the molecule is COc1ccc(C(=O)NC(C)(OCc2ccccc2Cl)C(=O)O)cc1. The van der Waals surface area contributed by atoms with E-state index in [0.29, 0.717) is 16.3 Å². The highest BCUT2D eigenvalue weighted by atomic mass is 35.5. The average molecular weight is 364 g/mol. The Hall–Kier alpha value is -2.57. The Balaban J connectivity index is 2.11.